The van der Waals surface area contributed by atoms with Crippen molar-refractivity contribution >= 4 is 28.2 Å². The monoisotopic (exact) mass is 469 g/mol. The molecule has 0 amide bonds. The predicted octanol–water partition coefficient (Wildman–Crippen LogP) is 6.43. The second-order valence-corrected chi connectivity index (χ2v) is 9.11. The van der Waals surface area contributed by atoms with Crippen molar-refractivity contribution in [2.75, 3.05) is 6.54 Å². The van der Waals surface area contributed by atoms with Gasteiger partial charge in [0.1, 0.15) is 5.76 Å². The first-order chi connectivity index (χ1) is 17.0. The highest BCUT2D eigenvalue weighted by atomic mass is 16.4. The van der Waals surface area contributed by atoms with Crippen molar-refractivity contribution in [3.8, 4) is 0 Å². The second kappa shape index (κ2) is 11.6. The highest BCUT2D eigenvalue weighted by Gasteiger charge is 2.31. The maximum Gasteiger partial charge on any atom is 0.303 e. The molecule has 5 heteroatoms. The van der Waals surface area contributed by atoms with Crippen molar-refractivity contribution in [1.29, 1.82) is 0 Å². The van der Waals surface area contributed by atoms with E-state index in [9.17, 15) is 14.7 Å². The molecule has 3 aromatic carbocycles. The van der Waals surface area contributed by atoms with E-state index in [1.165, 1.54) is 0 Å². The minimum absolute atomic E-state index is 0.0396. The number of rotatable bonds is 10. The van der Waals surface area contributed by atoms with Crippen molar-refractivity contribution in [2.45, 2.75) is 50.9 Å². The third-order valence-electron chi connectivity index (χ3n) is 6.59. The summed E-state index contributed by atoms with van der Waals surface area (Å²) in [5, 5.41) is 22.1. The van der Waals surface area contributed by atoms with Gasteiger partial charge in [-0.05, 0) is 40.7 Å². The summed E-state index contributed by atoms with van der Waals surface area (Å²) in [7, 11) is 0. The van der Waals surface area contributed by atoms with E-state index in [0.717, 1.165) is 34.7 Å². The zero-order chi connectivity index (χ0) is 24.6. The number of hydrogen-bond donors (Lipinski definition) is 2. The average molecular weight is 470 g/mol. The van der Waals surface area contributed by atoms with Gasteiger partial charge < -0.3 is 10.2 Å². The van der Waals surface area contributed by atoms with E-state index in [4.69, 9.17) is 10.1 Å². The molecule has 35 heavy (non-hydrogen) atoms. The van der Waals surface area contributed by atoms with Gasteiger partial charge in [-0.3, -0.25) is 14.6 Å². The number of benzene rings is 3. The van der Waals surface area contributed by atoms with Crippen molar-refractivity contribution in [1.82, 2.24) is 0 Å². The molecule has 0 radical (unpaired) electrons. The molecule has 4 rings (SSSR count). The van der Waals surface area contributed by atoms with E-state index in [1.807, 2.05) is 54.6 Å². The lowest BCUT2D eigenvalue weighted by Crippen LogP contribution is -2.25. The van der Waals surface area contributed by atoms with Gasteiger partial charge >= 0.3 is 5.97 Å². The lowest BCUT2D eigenvalue weighted by Gasteiger charge is -2.25. The summed E-state index contributed by atoms with van der Waals surface area (Å²) >= 11 is 0. The molecule has 1 aliphatic rings. The third-order valence-corrected chi connectivity index (χ3v) is 6.59. The summed E-state index contributed by atoms with van der Waals surface area (Å²) in [5.74, 6) is -0.796. The van der Waals surface area contributed by atoms with Gasteiger partial charge in [-0.15, -0.1) is 0 Å². The Labute approximate surface area is 205 Å². The van der Waals surface area contributed by atoms with Gasteiger partial charge in [-0.1, -0.05) is 79.2 Å². The number of Topliss-reactive ketones (excluding diaryl/α,β-unsaturated/α-hetero) is 1. The van der Waals surface area contributed by atoms with Crippen molar-refractivity contribution in [2.24, 2.45) is 4.99 Å². The molecule has 0 fully saturated rings. The number of aliphatic imine (C=N–C) groups is 1. The molecule has 0 saturated heterocycles. The Morgan fingerprint density at radius 1 is 0.886 bits per heavy atom. The summed E-state index contributed by atoms with van der Waals surface area (Å²) < 4.78 is 0. The molecule has 2 N–H and O–H groups in total. The summed E-state index contributed by atoms with van der Waals surface area (Å²) in [6.07, 6.45) is 3.47. The number of aliphatic hydroxyl groups is 1. The minimum atomic E-state index is -0.791. The first kappa shape index (κ1) is 24.4. The van der Waals surface area contributed by atoms with Crippen molar-refractivity contribution in [3.63, 3.8) is 0 Å². The first-order valence-electron chi connectivity index (χ1n) is 12.3. The van der Waals surface area contributed by atoms with Crippen LogP contribution in [0.5, 0.6) is 0 Å². The Balaban J connectivity index is 1.61. The third kappa shape index (κ3) is 6.24. The Bertz CT molecular complexity index is 1250. The number of carbonyl (C=O) groups is 2. The number of fused-ring (bicyclic) bond motifs is 1. The van der Waals surface area contributed by atoms with Crippen LogP contribution in [0.3, 0.4) is 0 Å². The standard InChI is InChI=1S/C30H31NO4/c32-27-19-24(21-10-3-1-4-11-21)20-28(33)30(27)26(31-17-8-2-5-16-29(34)35)18-23-14-9-13-22-12-6-7-15-25(22)23/h1,3-4,6-7,9-15,24,32H,2,5,8,16-20H2,(H,34,35). The fourth-order valence-electron chi connectivity index (χ4n) is 4.81. The molecule has 180 valence electrons. The van der Waals surface area contributed by atoms with Gasteiger partial charge in [-0.2, -0.15) is 0 Å². The summed E-state index contributed by atoms with van der Waals surface area (Å²) in [4.78, 5) is 28.9. The van der Waals surface area contributed by atoms with Crippen LogP contribution >= 0.6 is 0 Å². The molecule has 1 aliphatic carbocycles. The van der Waals surface area contributed by atoms with Crippen LogP contribution < -0.4 is 0 Å². The van der Waals surface area contributed by atoms with Gasteiger partial charge in [0.25, 0.3) is 0 Å². The van der Waals surface area contributed by atoms with E-state index in [-0.39, 0.29) is 23.9 Å². The number of nitrogens with zero attached hydrogens (tertiary/aromatic N) is 1. The van der Waals surface area contributed by atoms with Crippen LogP contribution in [-0.4, -0.2) is 34.2 Å². The number of ketones is 1. The van der Waals surface area contributed by atoms with Gasteiger partial charge in [0.2, 0.25) is 0 Å². The number of allylic oxidation sites excluding steroid dienone is 2. The topological polar surface area (TPSA) is 87.0 Å². The van der Waals surface area contributed by atoms with E-state index in [0.29, 0.717) is 43.5 Å². The number of carboxylic acids is 1. The summed E-state index contributed by atoms with van der Waals surface area (Å²) in [6, 6.07) is 24.1. The van der Waals surface area contributed by atoms with Gasteiger partial charge in [-0.25, -0.2) is 0 Å². The summed E-state index contributed by atoms with van der Waals surface area (Å²) in [5.41, 5.74) is 3.09. The first-order valence-corrected chi connectivity index (χ1v) is 12.3. The van der Waals surface area contributed by atoms with E-state index in [1.54, 1.807) is 0 Å². The number of carboxylic acid groups (broad SMARTS) is 1. The highest BCUT2D eigenvalue weighted by molar-refractivity contribution is 6.24. The van der Waals surface area contributed by atoms with Crippen LogP contribution in [0.2, 0.25) is 0 Å². The molecular weight excluding hydrogens is 438 g/mol. The number of unbranched alkanes of at least 4 members (excludes halogenated alkanes) is 2. The average Bonchev–Trinajstić information content (AvgIpc) is 2.86. The molecule has 0 aromatic heterocycles. The minimum Gasteiger partial charge on any atom is -0.511 e. The number of aliphatic carboxylic acids is 1. The molecule has 0 aliphatic heterocycles. The molecule has 1 atom stereocenters. The molecule has 3 aromatic rings. The molecule has 0 bridgehead atoms. The predicted molar refractivity (Wildman–Crippen MR) is 139 cm³/mol. The van der Waals surface area contributed by atoms with Gasteiger partial charge in [0.15, 0.2) is 5.78 Å². The number of aliphatic hydroxyl groups excluding tert-OH is 1. The van der Waals surface area contributed by atoms with Crippen molar-refractivity contribution < 1.29 is 19.8 Å². The Morgan fingerprint density at radius 3 is 2.40 bits per heavy atom. The highest BCUT2D eigenvalue weighted by Crippen LogP contribution is 2.34. The Kier molecular flexibility index (Phi) is 8.09. The van der Waals surface area contributed by atoms with Crippen LogP contribution in [0.4, 0.5) is 0 Å². The Morgan fingerprint density at radius 2 is 1.63 bits per heavy atom. The quantitative estimate of drug-likeness (QED) is 0.265. The maximum atomic E-state index is 13.3. The largest absolute Gasteiger partial charge is 0.511 e. The van der Waals surface area contributed by atoms with Gasteiger partial charge in [0.05, 0.1) is 11.3 Å². The fourth-order valence-corrected chi connectivity index (χ4v) is 4.81. The normalized spacial score (nSPS) is 16.6. The van der Waals surface area contributed by atoms with Crippen LogP contribution in [0.1, 0.15) is 55.6 Å². The number of hydrogen-bond acceptors (Lipinski definition) is 4. The van der Waals surface area contributed by atoms with E-state index < -0.39 is 5.97 Å². The second-order valence-electron chi connectivity index (χ2n) is 9.11. The molecule has 1 unspecified atom stereocenters. The zero-order valence-corrected chi connectivity index (χ0v) is 19.8. The summed E-state index contributed by atoms with van der Waals surface area (Å²) in [6.45, 7) is 0.492. The number of carbonyl (C=O) groups excluding carboxylic acids is 1. The molecule has 0 saturated carbocycles. The molecular formula is C30H31NO4. The fraction of sp³-hybridized carbons (Fsp3) is 0.300. The Hall–Kier alpha value is -3.73. The zero-order valence-electron chi connectivity index (χ0n) is 19.8. The van der Waals surface area contributed by atoms with Crippen molar-refractivity contribution in [3.05, 3.63) is 95.3 Å². The van der Waals surface area contributed by atoms with E-state index in [2.05, 4.69) is 18.2 Å². The maximum absolute atomic E-state index is 13.3. The SMILES string of the molecule is O=C(O)CCCCCN=C(Cc1cccc2ccccc12)C1=C(O)CC(c2ccccc2)CC1=O. The van der Waals surface area contributed by atoms with Crippen LogP contribution in [0.25, 0.3) is 10.8 Å². The van der Waals surface area contributed by atoms with E-state index >= 15 is 0 Å². The lowest BCUT2D eigenvalue weighted by molar-refractivity contribution is -0.137. The smallest absolute Gasteiger partial charge is 0.303 e. The lowest BCUT2D eigenvalue weighted by atomic mass is 9.80. The van der Waals surface area contributed by atoms with Crippen LogP contribution in [0.15, 0.2) is 89.1 Å². The van der Waals surface area contributed by atoms with Crippen LogP contribution in [-0.2, 0) is 16.0 Å². The van der Waals surface area contributed by atoms with Crippen LogP contribution in [0, 0.1) is 0 Å². The van der Waals surface area contributed by atoms with Gasteiger partial charge in [0, 0.05) is 32.2 Å². The molecule has 0 spiro atoms. The molecule has 0 heterocycles. The molecule has 5 nitrogen and oxygen atoms in total.